The first-order chi connectivity index (χ1) is 9.15. The van der Waals surface area contributed by atoms with Gasteiger partial charge in [-0.3, -0.25) is 10.1 Å². The summed E-state index contributed by atoms with van der Waals surface area (Å²) < 4.78 is 18.9. The Balaban J connectivity index is 2.25. The van der Waals surface area contributed by atoms with Crippen molar-refractivity contribution < 1.29 is 14.1 Å². The molecular formula is C14H10FNO3. The lowest BCUT2D eigenvalue weighted by Crippen LogP contribution is -1.89. The highest BCUT2D eigenvalue weighted by Crippen LogP contribution is 2.25. The summed E-state index contributed by atoms with van der Waals surface area (Å²) in [4.78, 5) is 9.65. The van der Waals surface area contributed by atoms with Gasteiger partial charge >= 0.3 is 0 Å². The molecular weight excluding hydrogens is 249 g/mol. The zero-order valence-corrected chi connectivity index (χ0v) is 9.82. The van der Waals surface area contributed by atoms with E-state index in [9.17, 15) is 14.5 Å². The minimum Gasteiger partial charge on any atom is -0.454 e. The molecule has 0 bridgehead atoms. The van der Waals surface area contributed by atoms with E-state index < -0.39 is 10.7 Å². The third-order valence-corrected chi connectivity index (χ3v) is 2.31. The molecule has 0 N–H and O–H groups in total. The topological polar surface area (TPSA) is 52.4 Å². The van der Waals surface area contributed by atoms with Gasteiger partial charge in [-0.2, -0.15) is 0 Å². The van der Waals surface area contributed by atoms with Gasteiger partial charge in [-0.15, -0.1) is 0 Å². The number of nitrogens with zero attached hydrogens (tertiary/aromatic N) is 1. The lowest BCUT2D eigenvalue weighted by atomic mass is 10.2. The summed E-state index contributed by atoms with van der Waals surface area (Å²) in [5.41, 5.74) is 0.490. The Labute approximate surface area is 108 Å². The van der Waals surface area contributed by atoms with Gasteiger partial charge in [0.15, 0.2) is 11.6 Å². The second kappa shape index (κ2) is 5.77. The van der Waals surface area contributed by atoms with Crippen LogP contribution >= 0.6 is 0 Å². The summed E-state index contributed by atoms with van der Waals surface area (Å²) in [6.07, 6.45) is 2.07. The molecule has 0 spiro atoms. The fraction of sp³-hybridized carbons (Fsp3) is 0. The normalized spacial score (nSPS) is 10.6. The zero-order valence-electron chi connectivity index (χ0n) is 9.82. The van der Waals surface area contributed by atoms with Crippen LogP contribution in [0.3, 0.4) is 0 Å². The van der Waals surface area contributed by atoms with Gasteiger partial charge in [0.25, 0.3) is 0 Å². The number of hydrogen-bond donors (Lipinski definition) is 0. The minimum absolute atomic E-state index is 0.0247. The van der Waals surface area contributed by atoms with Crippen molar-refractivity contribution >= 4 is 6.08 Å². The predicted octanol–water partition coefficient (Wildman–Crippen LogP) is 3.87. The van der Waals surface area contributed by atoms with E-state index in [1.807, 2.05) is 6.07 Å². The van der Waals surface area contributed by atoms with Crippen LogP contribution in [-0.4, -0.2) is 4.92 Å². The average Bonchev–Trinajstić information content (AvgIpc) is 2.41. The highest BCUT2D eigenvalue weighted by atomic mass is 19.1. The molecule has 0 atom stereocenters. The Morgan fingerprint density at radius 1 is 1.16 bits per heavy atom. The van der Waals surface area contributed by atoms with E-state index >= 15 is 0 Å². The minimum atomic E-state index is -0.582. The first kappa shape index (κ1) is 12.8. The van der Waals surface area contributed by atoms with Gasteiger partial charge in [-0.1, -0.05) is 24.3 Å². The maximum atomic E-state index is 13.6. The number of nitro groups is 1. The monoisotopic (exact) mass is 259 g/mol. The van der Waals surface area contributed by atoms with Gasteiger partial charge in [0, 0.05) is 6.08 Å². The Morgan fingerprint density at radius 2 is 1.89 bits per heavy atom. The molecule has 0 heterocycles. The molecule has 0 amide bonds. The van der Waals surface area contributed by atoms with Crippen molar-refractivity contribution in [1.29, 1.82) is 0 Å². The van der Waals surface area contributed by atoms with Crippen LogP contribution in [0.4, 0.5) is 4.39 Å². The molecule has 0 unspecified atom stereocenters. The maximum Gasteiger partial charge on any atom is 0.235 e. The number of rotatable bonds is 4. The zero-order chi connectivity index (χ0) is 13.7. The number of para-hydroxylation sites is 1. The Kier molecular flexibility index (Phi) is 3.87. The van der Waals surface area contributed by atoms with E-state index in [4.69, 9.17) is 4.74 Å². The van der Waals surface area contributed by atoms with Gasteiger partial charge in [0.05, 0.1) is 4.92 Å². The fourth-order valence-electron chi connectivity index (χ4n) is 1.46. The first-order valence-electron chi connectivity index (χ1n) is 5.49. The average molecular weight is 259 g/mol. The van der Waals surface area contributed by atoms with Crippen LogP contribution in [0.2, 0.25) is 0 Å². The Hall–Kier alpha value is -2.69. The number of benzene rings is 2. The number of hydrogen-bond acceptors (Lipinski definition) is 3. The third kappa shape index (κ3) is 3.64. The second-order valence-electron chi connectivity index (χ2n) is 3.71. The molecule has 5 heteroatoms. The van der Waals surface area contributed by atoms with Gasteiger partial charge in [0.1, 0.15) is 5.75 Å². The lowest BCUT2D eigenvalue weighted by Gasteiger charge is -2.07. The molecule has 0 fully saturated rings. The summed E-state index contributed by atoms with van der Waals surface area (Å²) in [6, 6.07) is 12.8. The van der Waals surface area contributed by atoms with Gasteiger partial charge in [0.2, 0.25) is 6.20 Å². The van der Waals surface area contributed by atoms with Crippen LogP contribution in [-0.2, 0) is 0 Å². The molecule has 4 nitrogen and oxygen atoms in total. The third-order valence-electron chi connectivity index (χ3n) is 2.31. The summed E-state index contributed by atoms with van der Waals surface area (Å²) in [6.45, 7) is 0. The van der Waals surface area contributed by atoms with E-state index in [-0.39, 0.29) is 5.75 Å². The summed E-state index contributed by atoms with van der Waals surface area (Å²) >= 11 is 0. The van der Waals surface area contributed by atoms with E-state index in [0.29, 0.717) is 11.3 Å². The molecule has 2 aromatic rings. The molecule has 2 aromatic carbocycles. The molecule has 0 saturated carbocycles. The molecule has 2 rings (SSSR count). The van der Waals surface area contributed by atoms with E-state index in [2.05, 4.69) is 0 Å². The van der Waals surface area contributed by atoms with Crippen molar-refractivity contribution in [1.82, 2.24) is 0 Å². The molecule has 0 radical (unpaired) electrons. The first-order valence-corrected chi connectivity index (χ1v) is 5.49. The number of halogens is 1. The van der Waals surface area contributed by atoms with E-state index in [1.54, 1.807) is 24.3 Å². The SMILES string of the molecule is O=[N+]([O-])/C=C/c1ccc(F)c(Oc2ccccc2)c1. The maximum absolute atomic E-state index is 13.6. The quantitative estimate of drug-likeness (QED) is 0.618. The molecule has 0 aliphatic carbocycles. The molecule has 96 valence electrons. The lowest BCUT2D eigenvalue weighted by molar-refractivity contribution is -0.400. The molecule has 0 aliphatic heterocycles. The van der Waals surface area contributed by atoms with Crippen LogP contribution in [0.1, 0.15) is 5.56 Å². The fourth-order valence-corrected chi connectivity index (χ4v) is 1.46. The van der Waals surface area contributed by atoms with Crippen molar-refractivity contribution in [3.8, 4) is 11.5 Å². The van der Waals surface area contributed by atoms with Crippen LogP contribution in [0.15, 0.2) is 54.7 Å². The molecule has 0 aliphatic rings. The van der Waals surface area contributed by atoms with Gasteiger partial charge < -0.3 is 4.74 Å². The molecule has 0 aromatic heterocycles. The molecule has 19 heavy (non-hydrogen) atoms. The van der Waals surface area contributed by atoms with Gasteiger partial charge in [-0.05, 0) is 29.8 Å². The van der Waals surface area contributed by atoms with Crippen molar-refractivity contribution in [2.75, 3.05) is 0 Å². The summed E-state index contributed by atoms with van der Waals surface area (Å²) in [7, 11) is 0. The van der Waals surface area contributed by atoms with E-state index in [0.717, 1.165) is 6.20 Å². The van der Waals surface area contributed by atoms with E-state index in [1.165, 1.54) is 24.3 Å². The number of ether oxygens (including phenoxy) is 1. The second-order valence-corrected chi connectivity index (χ2v) is 3.71. The highest BCUT2D eigenvalue weighted by Gasteiger charge is 2.05. The Morgan fingerprint density at radius 3 is 2.58 bits per heavy atom. The van der Waals surface area contributed by atoms with Crippen LogP contribution in [0.5, 0.6) is 11.5 Å². The van der Waals surface area contributed by atoms with Gasteiger partial charge in [-0.25, -0.2) is 4.39 Å². The van der Waals surface area contributed by atoms with Crippen molar-refractivity contribution in [3.05, 3.63) is 76.2 Å². The summed E-state index contributed by atoms with van der Waals surface area (Å²) in [5.74, 6) is -0.00406. The highest BCUT2D eigenvalue weighted by molar-refractivity contribution is 5.51. The summed E-state index contributed by atoms with van der Waals surface area (Å²) in [5, 5.41) is 10.2. The Bertz CT molecular complexity index is 611. The molecule has 0 saturated heterocycles. The van der Waals surface area contributed by atoms with Crippen LogP contribution < -0.4 is 4.74 Å². The smallest absolute Gasteiger partial charge is 0.235 e. The van der Waals surface area contributed by atoms with Crippen molar-refractivity contribution in [2.45, 2.75) is 0 Å². The van der Waals surface area contributed by atoms with Crippen molar-refractivity contribution in [3.63, 3.8) is 0 Å². The van der Waals surface area contributed by atoms with Crippen LogP contribution in [0, 0.1) is 15.9 Å². The van der Waals surface area contributed by atoms with Crippen LogP contribution in [0.25, 0.3) is 6.08 Å². The van der Waals surface area contributed by atoms with Crippen molar-refractivity contribution in [2.24, 2.45) is 0 Å². The standard InChI is InChI=1S/C14H10FNO3/c15-13-7-6-11(8-9-16(17)18)10-14(13)19-12-4-2-1-3-5-12/h1-10H/b9-8+. The predicted molar refractivity (Wildman–Crippen MR) is 68.9 cm³/mol. The largest absolute Gasteiger partial charge is 0.454 e.